The van der Waals surface area contributed by atoms with Crippen LogP contribution in [0.1, 0.15) is 58.8 Å². The van der Waals surface area contributed by atoms with E-state index in [9.17, 15) is 24.3 Å². The highest BCUT2D eigenvalue weighted by Crippen LogP contribution is 2.31. The van der Waals surface area contributed by atoms with E-state index in [0.717, 1.165) is 5.39 Å². The molecule has 0 saturated carbocycles. The van der Waals surface area contributed by atoms with Gasteiger partial charge >= 0.3 is 12.1 Å². The molecule has 0 radical (unpaired) electrons. The largest absolute Gasteiger partial charge is 0.444 e. The van der Waals surface area contributed by atoms with Gasteiger partial charge in [0.1, 0.15) is 30.6 Å². The molecule has 280 valence electrons. The van der Waals surface area contributed by atoms with Crippen molar-refractivity contribution in [3.63, 3.8) is 0 Å². The second-order valence-corrected chi connectivity index (χ2v) is 13.4. The van der Waals surface area contributed by atoms with Gasteiger partial charge in [-0.05, 0) is 63.3 Å². The summed E-state index contributed by atoms with van der Waals surface area (Å²) >= 11 is 0. The van der Waals surface area contributed by atoms with E-state index in [0.29, 0.717) is 46.7 Å². The lowest BCUT2D eigenvalue weighted by atomic mass is 10.0. The third-order valence-corrected chi connectivity index (χ3v) is 8.08. The number of imidazole rings is 1. The zero-order valence-corrected chi connectivity index (χ0v) is 30.2. The summed E-state index contributed by atoms with van der Waals surface area (Å²) in [6.07, 6.45) is -0.141. The summed E-state index contributed by atoms with van der Waals surface area (Å²) in [5.41, 5.74) is 12.9. The van der Waals surface area contributed by atoms with Crippen molar-refractivity contribution >= 4 is 57.4 Å². The Hall–Kier alpha value is -5.32. The van der Waals surface area contributed by atoms with Crippen LogP contribution in [0.4, 0.5) is 21.1 Å². The number of anilines is 2. The summed E-state index contributed by atoms with van der Waals surface area (Å²) in [5.74, 6) is -0.283. The minimum Gasteiger partial charge on any atom is -0.444 e. The average molecular weight is 720 g/mol. The van der Waals surface area contributed by atoms with Gasteiger partial charge in [0.25, 0.3) is 0 Å². The number of para-hydroxylation sites is 1. The Kier molecular flexibility index (Phi) is 13.5. The van der Waals surface area contributed by atoms with Gasteiger partial charge in [0.2, 0.25) is 11.8 Å². The minimum absolute atomic E-state index is 0.0852. The summed E-state index contributed by atoms with van der Waals surface area (Å²) in [5, 5.41) is 22.2. The summed E-state index contributed by atoms with van der Waals surface area (Å²) in [7, 11) is 0. The first kappa shape index (κ1) is 39.5. The smallest absolute Gasteiger partial charge is 0.413 e. The van der Waals surface area contributed by atoms with E-state index >= 15 is 0 Å². The van der Waals surface area contributed by atoms with E-state index in [-0.39, 0.29) is 44.5 Å². The molecule has 2 aromatic carbocycles. The van der Waals surface area contributed by atoms with Crippen LogP contribution >= 0.6 is 0 Å². The third-order valence-electron chi connectivity index (χ3n) is 8.08. The van der Waals surface area contributed by atoms with Gasteiger partial charge in [-0.3, -0.25) is 14.9 Å². The number of hydrogen-bond acceptors (Lipinski definition) is 10. The van der Waals surface area contributed by atoms with Crippen molar-refractivity contribution in [2.75, 3.05) is 23.8 Å². The Bertz CT molecular complexity index is 1870. The number of carbonyl (C=O) groups is 4. The second kappa shape index (κ2) is 17.7. The Morgan fingerprint density at radius 2 is 1.69 bits per heavy atom. The maximum Gasteiger partial charge on any atom is 0.413 e. The fourth-order valence-corrected chi connectivity index (χ4v) is 5.38. The highest BCUT2D eigenvalue weighted by atomic mass is 16.5. The molecule has 52 heavy (non-hydrogen) atoms. The minimum atomic E-state index is -1.06. The molecule has 4 rings (SSSR count). The number of pyridine rings is 1. The van der Waals surface area contributed by atoms with Crippen LogP contribution in [0.15, 0.2) is 48.5 Å². The molecule has 9 N–H and O–H groups in total. The van der Waals surface area contributed by atoms with Gasteiger partial charge in [0.15, 0.2) is 5.82 Å². The van der Waals surface area contributed by atoms with Gasteiger partial charge in [0, 0.05) is 24.2 Å². The number of ether oxygens (including phenoxy) is 2. The van der Waals surface area contributed by atoms with E-state index in [1.54, 1.807) is 52.0 Å². The molecule has 16 heteroatoms. The third kappa shape index (κ3) is 10.8. The zero-order valence-electron chi connectivity index (χ0n) is 30.2. The highest BCUT2D eigenvalue weighted by molar-refractivity contribution is 6.09. The molecule has 0 fully saturated rings. The molecule has 0 aliphatic rings. The van der Waals surface area contributed by atoms with Crippen molar-refractivity contribution < 1.29 is 33.8 Å². The number of primary amides is 1. The van der Waals surface area contributed by atoms with Crippen molar-refractivity contribution in [2.24, 2.45) is 17.4 Å². The number of benzene rings is 2. The van der Waals surface area contributed by atoms with Gasteiger partial charge in [-0.15, -0.1) is 0 Å². The Balaban J connectivity index is 1.44. The van der Waals surface area contributed by atoms with Crippen molar-refractivity contribution in [3.05, 3.63) is 59.9 Å². The molecule has 0 unspecified atom stereocenters. The van der Waals surface area contributed by atoms with Crippen molar-refractivity contribution in [1.82, 2.24) is 25.2 Å². The Morgan fingerprint density at radius 1 is 0.981 bits per heavy atom. The molecular weight excluding hydrogens is 670 g/mol. The summed E-state index contributed by atoms with van der Waals surface area (Å²) < 4.78 is 13.1. The number of aliphatic hydroxyl groups is 1. The monoisotopic (exact) mass is 719 g/mol. The van der Waals surface area contributed by atoms with Crippen LogP contribution in [0.3, 0.4) is 0 Å². The second-order valence-electron chi connectivity index (χ2n) is 13.4. The molecule has 2 aromatic heterocycles. The number of amides is 5. The molecule has 0 aliphatic carbocycles. The number of carbonyl (C=O) groups excluding carboxylic acids is 4. The van der Waals surface area contributed by atoms with E-state index in [1.807, 2.05) is 35.8 Å². The van der Waals surface area contributed by atoms with Gasteiger partial charge in [-0.25, -0.2) is 19.6 Å². The highest BCUT2D eigenvalue weighted by Gasteiger charge is 2.26. The van der Waals surface area contributed by atoms with Gasteiger partial charge in [-0.2, -0.15) is 0 Å². The number of nitrogens with one attached hydrogen (secondary N) is 4. The van der Waals surface area contributed by atoms with E-state index in [4.69, 9.17) is 25.9 Å². The first-order valence-corrected chi connectivity index (χ1v) is 17.2. The molecule has 0 saturated heterocycles. The Morgan fingerprint density at radius 3 is 2.35 bits per heavy atom. The van der Waals surface area contributed by atoms with Gasteiger partial charge < -0.3 is 46.6 Å². The molecule has 0 spiro atoms. The van der Waals surface area contributed by atoms with Crippen LogP contribution in [-0.2, 0) is 38.8 Å². The molecule has 2 atom stereocenters. The standard InChI is InChI=1S/C36H49N9O7/c1-6-51-19-27-43-29-30(45(27)20-36(4,5)50)24-10-7-8-11-25(24)41-31(29)44-35(49)52-18-22-13-15-23(16-14-22)40-32(46)26(12-9-17-39-34(38)48)42-33(47)28(37)21(2)3/h7-8,10-11,13-16,21,26,28,50H,6,9,12,17-20,37H2,1-5H3,(H,40,46)(H,42,47)(H3,38,39,48)(H,41,44,49)/t26-,28-/m0/s1. The number of nitrogens with two attached hydrogens (primary N) is 2. The van der Waals surface area contributed by atoms with Crippen LogP contribution in [0, 0.1) is 5.92 Å². The quantitative estimate of drug-likeness (QED) is 0.0784. The van der Waals surface area contributed by atoms with Gasteiger partial charge in [0.05, 0.1) is 29.2 Å². The number of nitrogens with zero attached hydrogens (tertiary/aromatic N) is 3. The fourth-order valence-electron chi connectivity index (χ4n) is 5.38. The van der Waals surface area contributed by atoms with Crippen LogP contribution in [-0.4, -0.2) is 74.4 Å². The lowest BCUT2D eigenvalue weighted by Gasteiger charge is -2.22. The number of hydrogen-bond donors (Lipinski definition) is 7. The normalized spacial score (nSPS) is 12.8. The number of aromatic nitrogens is 3. The number of rotatable bonds is 17. The van der Waals surface area contributed by atoms with Crippen LogP contribution in [0.5, 0.6) is 0 Å². The summed E-state index contributed by atoms with van der Waals surface area (Å²) in [6.45, 7) is 9.96. The molecule has 5 amide bonds. The lowest BCUT2D eigenvalue weighted by Crippen LogP contribution is -2.51. The fraction of sp³-hybridized carbons (Fsp3) is 0.444. The lowest BCUT2D eigenvalue weighted by molar-refractivity contribution is -0.128. The predicted molar refractivity (Wildman–Crippen MR) is 197 cm³/mol. The van der Waals surface area contributed by atoms with E-state index in [2.05, 4.69) is 26.3 Å². The van der Waals surface area contributed by atoms with Gasteiger partial charge in [-0.1, -0.05) is 44.2 Å². The van der Waals surface area contributed by atoms with E-state index < -0.39 is 41.6 Å². The maximum atomic E-state index is 13.2. The van der Waals surface area contributed by atoms with Crippen molar-refractivity contribution in [1.29, 1.82) is 0 Å². The summed E-state index contributed by atoms with van der Waals surface area (Å²) in [6, 6.07) is 11.7. The van der Waals surface area contributed by atoms with Crippen LogP contribution < -0.4 is 32.7 Å². The van der Waals surface area contributed by atoms with Crippen molar-refractivity contribution in [2.45, 2.75) is 84.9 Å². The van der Waals surface area contributed by atoms with E-state index in [1.165, 1.54) is 0 Å². The number of fused-ring (bicyclic) bond motifs is 3. The molecule has 0 bridgehead atoms. The van der Waals surface area contributed by atoms with Crippen LogP contribution in [0.25, 0.3) is 21.9 Å². The summed E-state index contributed by atoms with van der Waals surface area (Å²) in [4.78, 5) is 59.3. The predicted octanol–water partition coefficient (Wildman–Crippen LogP) is 3.50. The molecule has 16 nitrogen and oxygen atoms in total. The first-order valence-electron chi connectivity index (χ1n) is 17.2. The molecular formula is C36H49N9O7. The molecule has 4 aromatic rings. The van der Waals surface area contributed by atoms with Crippen LogP contribution in [0.2, 0.25) is 0 Å². The average Bonchev–Trinajstić information content (AvgIpc) is 3.44. The SMILES string of the molecule is CCOCc1nc2c(NC(=O)OCc3ccc(NC(=O)[C@H](CCCNC(N)=O)NC(=O)[C@@H](N)C(C)C)cc3)nc3ccccc3c2n1CC(C)(C)O. The topological polar surface area (TPSA) is 238 Å². The zero-order chi connectivity index (χ0) is 38.0. The number of urea groups is 1. The van der Waals surface area contributed by atoms with Crippen molar-refractivity contribution in [3.8, 4) is 0 Å². The maximum absolute atomic E-state index is 13.2. The Labute approximate surface area is 302 Å². The molecule has 0 aliphatic heterocycles. The first-order chi connectivity index (χ1) is 24.7. The molecule has 2 heterocycles.